The standard InChI is InChI=1S/C16H20FNO/c17-13-6-5-12-2-1-3-16(15(12)9-13)18-14-7-4-11(8-14)10-19/h4-7,9,11,14,16,18-19H,1-3,8,10H2/t11-,14+,16+/m0/s1. The van der Waals surface area contributed by atoms with E-state index in [1.165, 1.54) is 5.56 Å². The van der Waals surface area contributed by atoms with E-state index in [1.807, 2.05) is 6.07 Å². The second kappa shape index (κ2) is 5.43. The lowest BCUT2D eigenvalue weighted by molar-refractivity contribution is 0.244. The molecule has 2 aliphatic carbocycles. The predicted molar refractivity (Wildman–Crippen MR) is 73.3 cm³/mol. The highest BCUT2D eigenvalue weighted by molar-refractivity contribution is 5.33. The van der Waals surface area contributed by atoms with Crippen molar-refractivity contribution in [2.75, 3.05) is 6.61 Å². The van der Waals surface area contributed by atoms with Gasteiger partial charge in [0.15, 0.2) is 0 Å². The normalized spacial score (nSPS) is 29.5. The molecule has 0 fully saturated rings. The predicted octanol–water partition coefficient (Wildman–Crippen LogP) is 2.73. The first-order chi connectivity index (χ1) is 9.26. The van der Waals surface area contributed by atoms with Crippen LogP contribution in [0.3, 0.4) is 0 Å². The molecule has 0 saturated heterocycles. The Kier molecular flexibility index (Phi) is 3.67. The molecule has 2 N–H and O–H groups in total. The summed E-state index contributed by atoms with van der Waals surface area (Å²) in [6.45, 7) is 0.213. The molecule has 3 heteroatoms. The zero-order chi connectivity index (χ0) is 13.2. The lowest BCUT2D eigenvalue weighted by atomic mass is 9.87. The topological polar surface area (TPSA) is 32.3 Å². The monoisotopic (exact) mass is 261 g/mol. The fourth-order valence-corrected chi connectivity index (χ4v) is 3.24. The number of aliphatic hydroxyl groups excluding tert-OH is 1. The van der Waals surface area contributed by atoms with E-state index < -0.39 is 0 Å². The third-order valence-corrected chi connectivity index (χ3v) is 4.24. The maximum absolute atomic E-state index is 13.4. The first-order valence-electron chi connectivity index (χ1n) is 7.10. The van der Waals surface area contributed by atoms with Crippen molar-refractivity contribution in [1.29, 1.82) is 0 Å². The number of rotatable bonds is 3. The second-order valence-electron chi connectivity index (χ2n) is 5.62. The molecular formula is C16H20FNO. The Morgan fingerprint density at radius 1 is 1.32 bits per heavy atom. The van der Waals surface area contributed by atoms with Crippen molar-refractivity contribution >= 4 is 0 Å². The molecule has 19 heavy (non-hydrogen) atoms. The van der Waals surface area contributed by atoms with Gasteiger partial charge in [0.25, 0.3) is 0 Å². The summed E-state index contributed by atoms with van der Waals surface area (Å²) in [5, 5.41) is 12.8. The molecule has 0 unspecified atom stereocenters. The van der Waals surface area contributed by atoms with Crippen LogP contribution < -0.4 is 5.32 Å². The average Bonchev–Trinajstić information content (AvgIpc) is 2.87. The second-order valence-corrected chi connectivity index (χ2v) is 5.62. The third kappa shape index (κ3) is 2.72. The number of hydrogen-bond donors (Lipinski definition) is 2. The lowest BCUT2D eigenvalue weighted by Crippen LogP contribution is -2.33. The van der Waals surface area contributed by atoms with Crippen LogP contribution in [0.2, 0.25) is 0 Å². The SMILES string of the molecule is OC[C@H]1C=C[C@@H](N[C@@H]2CCCc3ccc(F)cc32)C1. The summed E-state index contributed by atoms with van der Waals surface area (Å²) in [6.07, 6.45) is 8.41. The average molecular weight is 261 g/mol. The van der Waals surface area contributed by atoms with Gasteiger partial charge in [-0.25, -0.2) is 4.39 Å². The van der Waals surface area contributed by atoms with E-state index >= 15 is 0 Å². The minimum absolute atomic E-state index is 0.150. The third-order valence-electron chi connectivity index (χ3n) is 4.24. The number of benzene rings is 1. The fraction of sp³-hybridized carbons (Fsp3) is 0.500. The first-order valence-corrected chi connectivity index (χ1v) is 7.10. The Morgan fingerprint density at radius 3 is 3.00 bits per heavy atom. The molecule has 0 aromatic heterocycles. The fourth-order valence-electron chi connectivity index (χ4n) is 3.24. The van der Waals surface area contributed by atoms with Crippen molar-refractivity contribution < 1.29 is 9.50 Å². The van der Waals surface area contributed by atoms with E-state index in [9.17, 15) is 4.39 Å². The van der Waals surface area contributed by atoms with Crippen LogP contribution in [0.5, 0.6) is 0 Å². The molecule has 2 nitrogen and oxygen atoms in total. The Hall–Kier alpha value is -1.19. The Bertz CT molecular complexity index is 486. The summed E-state index contributed by atoms with van der Waals surface area (Å²) >= 11 is 0. The van der Waals surface area contributed by atoms with E-state index in [0.29, 0.717) is 6.04 Å². The molecule has 0 bridgehead atoms. The van der Waals surface area contributed by atoms with Crippen molar-refractivity contribution in [2.45, 2.75) is 37.8 Å². The van der Waals surface area contributed by atoms with Crippen LogP contribution in [0.4, 0.5) is 4.39 Å². The summed E-state index contributed by atoms with van der Waals surface area (Å²) in [5.74, 6) is 0.121. The van der Waals surface area contributed by atoms with Gasteiger partial charge in [-0.1, -0.05) is 18.2 Å². The van der Waals surface area contributed by atoms with Crippen LogP contribution in [0.1, 0.15) is 36.4 Å². The van der Waals surface area contributed by atoms with Crippen LogP contribution in [0, 0.1) is 11.7 Å². The molecule has 3 rings (SSSR count). The van der Waals surface area contributed by atoms with Crippen molar-refractivity contribution in [3.8, 4) is 0 Å². The van der Waals surface area contributed by atoms with Gasteiger partial charge < -0.3 is 10.4 Å². The largest absolute Gasteiger partial charge is 0.396 e. The Labute approximate surface area is 113 Å². The van der Waals surface area contributed by atoms with Gasteiger partial charge in [-0.3, -0.25) is 0 Å². The van der Waals surface area contributed by atoms with Crippen LogP contribution >= 0.6 is 0 Å². The molecule has 0 aliphatic heterocycles. The van der Waals surface area contributed by atoms with Crippen LogP contribution in [-0.2, 0) is 6.42 Å². The number of halogens is 1. The molecule has 0 radical (unpaired) electrons. The minimum Gasteiger partial charge on any atom is -0.396 e. The van der Waals surface area contributed by atoms with E-state index in [-0.39, 0.29) is 24.4 Å². The van der Waals surface area contributed by atoms with Gasteiger partial charge in [0.2, 0.25) is 0 Å². The molecule has 0 heterocycles. The number of aliphatic hydroxyl groups is 1. The van der Waals surface area contributed by atoms with E-state index in [2.05, 4.69) is 17.5 Å². The highest BCUT2D eigenvalue weighted by Gasteiger charge is 2.25. The molecular weight excluding hydrogens is 241 g/mol. The maximum Gasteiger partial charge on any atom is 0.123 e. The van der Waals surface area contributed by atoms with E-state index in [4.69, 9.17) is 5.11 Å². The minimum atomic E-state index is -0.150. The van der Waals surface area contributed by atoms with Crippen LogP contribution in [0.25, 0.3) is 0 Å². The molecule has 0 amide bonds. The Balaban J connectivity index is 1.73. The van der Waals surface area contributed by atoms with Crippen LogP contribution in [0.15, 0.2) is 30.4 Å². The van der Waals surface area contributed by atoms with Crippen molar-refractivity contribution in [1.82, 2.24) is 5.32 Å². The molecule has 102 valence electrons. The molecule has 2 aliphatic rings. The lowest BCUT2D eigenvalue weighted by Gasteiger charge is -2.29. The van der Waals surface area contributed by atoms with Gasteiger partial charge in [-0.2, -0.15) is 0 Å². The molecule has 0 saturated carbocycles. The highest BCUT2D eigenvalue weighted by atomic mass is 19.1. The van der Waals surface area contributed by atoms with E-state index in [0.717, 1.165) is 31.2 Å². The number of hydrogen-bond acceptors (Lipinski definition) is 2. The smallest absolute Gasteiger partial charge is 0.123 e. The molecule has 0 spiro atoms. The Morgan fingerprint density at radius 2 is 2.21 bits per heavy atom. The summed E-state index contributed by atoms with van der Waals surface area (Å²) in [6, 6.07) is 5.69. The number of nitrogens with one attached hydrogen (secondary N) is 1. The van der Waals surface area contributed by atoms with Crippen molar-refractivity contribution in [3.05, 3.63) is 47.3 Å². The van der Waals surface area contributed by atoms with Gasteiger partial charge in [0, 0.05) is 24.6 Å². The van der Waals surface area contributed by atoms with E-state index in [1.54, 1.807) is 12.1 Å². The van der Waals surface area contributed by atoms with Gasteiger partial charge in [0.1, 0.15) is 5.82 Å². The summed E-state index contributed by atoms with van der Waals surface area (Å²) < 4.78 is 13.4. The van der Waals surface area contributed by atoms with Crippen LogP contribution in [-0.4, -0.2) is 17.8 Å². The number of aryl methyl sites for hydroxylation is 1. The maximum atomic E-state index is 13.4. The van der Waals surface area contributed by atoms with Crippen molar-refractivity contribution in [3.63, 3.8) is 0 Å². The van der Waals surface area contributed by atoms with Gasteiger partial charge in [0.05, 0.1) is 0 Å². The quantitative estimate of drug-likeness (QED) is 0.820. The molecule has 1 aromatic carbocycles. The molecule has 1 aromatic rings. The number of fused-ring (bicyclic) bond motifs is 1. The van der Waals surface area contributed by atoms with Gasteiger partial charge in [-0.05, 0) is 48.9 Å². The summed E-state index contributed by atoms with van der Waals surface area (Å²) in [7, 11) is 0. The highest BCUT2D eigenvalue weighted by Crippen LogP contribution is 2.32. The van der Waals surface area contributed by atoms with Gasteiger partial charge in [-0.15, -0.1) is 0 Å². The van der Waals surface area contributed by atoms with Crippen molar-refractivity contribution in [2.24, 2.45) is 5.92 Å². The first kappa shape index (κ1) is 12.8. The molecule has 3 atom stereocenters. The summed E-state index contributed by atoms with van der Waals surface area (Å²) in [5.41, 5.74) is 2.39. The zero-order valence-electron chi connectivity index (χ0n) is 11.0. The summed E-state index contributed by atoms with van der Waals surface area (Å²) in [4.78, 5) is 0. The van der Waals surface area contributed by atoms with Gasteiger partial charge >= 0.3 is 0 Å². The zero-order valence-corrected chi connectivity index (χ0v) is 11.0.